The molecule has 0 saturated heterocycles. The van der Waals surface area contributed by atoms with Gasteiger partial charge in [0.2, 0.25) is 0 Å². The van der Waals surface area contributed by atoms with Crippen LogP contribution in [0.3, 0.4) is 0 Å². The summed E-state index contributed by atoms with van der Waals surface area (Å²) < 4.78 is 0. The monoisotopic (exact) mass is 403 g/mol. The predicted molar refractivity (Wildman–Crippen MR) is 98.9 cm³/mol. The number of H-pyrrole nitrogens is 1. The number of aromatic nitrogens is 1. The van der Waals surface area contributed by atoms with Gasteiger partial charge in [-0.25, -0.2) is 0 Å². The van der Waals surface area contributed by atoms with Gasteiger partial charge in [-0.05, 0) is 36.5 Å². The number of fused-ring (bicyclic) bond motifs is 1. The van der Waals surface area contributed by atoms with E-state index >= 15 is 0 Å². The number of benzene rings is 1. The zero-order valence-corrected chi connectivity index (χ0v) is 16.5. The van der Waals surface area contributed by atoms with Gasteiger partial charge in [-0.1, -0.05) is 12.1 Å². The van der Waals surface area contributed by atoms with E-state index in [0.717, 1.165) is 24.8 Å². The molecule has 0 spiro atoms. The van der Waals surface area contributed by atoms with Crippen LogP contribution in [0.25, 0.3) is 11.3 Å². The van der Waals surface area contributed by atoms with Crippen LogP contribution in [0.15, 0.2) is 35.1 Å². The van der Waals surface area contributed by atoms with Crippen LogP contribution in [0.4, 0.5) is 0 Å². The number of hydrogen-bond donors (Lipinski definition) is 3. The molecular weight excluding hydrogens is 381 g/mol. The van der Waals surface area contributed by atoms with Crippen molar-refractivity contribution in [3.05, 3.63) is 70.9 Å². The normalized spacial score (nSPS) is 12.5. The second-order valence-electron chi connectivity index (χ2n) is 5.88. The smallest absolute Gasteiger partial charge is 0.261 e. The maximum Gasteiger partial charge on any atom is 0.261 e. The Balaban J connectivity index is 0.00000225. The van der Waals surface area contributed by atoms with Crippen molar-refractivity contribution < 1.29 is 46.7 Å². The minimum Gasteiger partial charge on any atom is -0.519 e. The van der Waals surface area contributed by atoms with E-state index in [-0.39, 0.29) is 48.1 Å². The first-order valence-corrected chi connectivity index (χ1v) is 7.77. The number of carbonyl (C=O) groups is 1. The fourth-order valence-electron chi connectivity index (χ4n) is 2.93. The summed E-state index contributed by atoms with van der Waals surface area (Å²) in [6.07, 6.45) is 4.37. The van der Waals surface area contributed by atoms with Crippen LogP contribution in [0.2, 0.25) is 0 Å². The van der Waals surface area contributed by atoms with E-state index in [1.807, 2.05) is 18.2 Å². The van der Waals surface area contributed by atoms with E-state index in [9.17, 15) is 14.7 Å². The van der Waals surface area contributed by atoms with Crippen LogP contribution < -0.4 is 10.9 Å². The predicted octanol–water partition coefficient (Wildman–Crippen LogP) is 0.506. The summed E-state index contributed by atoms with van der Waals surface area (Å²) in [5.74, 6) is -0.802. The van der Waals surface area contributed by atoms with Gasteiger partial charge in [-0.15, -0.1) is 6.04 Å². The maximum atomic E-state index is 12.2. The minimum atomic E-state index is -0.645. The number of aromatic hydroxyl groups is 1. The van der Waals surface area contributed by atoms with Gasteiger partial charge in [0, 0.05) is 37.5 Å². The molecule has 8 heteroatoms. The standard InChI is InChI=1S/C19H18N2O3.2H2O.Sc/c1-3-11(2)20-18(23)15-10-16(22)17(21-19(15)24)14-8-7-12-5-4-6-13(12)9-14;;;/h1,3,7-11,22H,2,4-6H2,(H,20,23)(H,21,24);2*1H2;/q-2;;;/t11-;;;/m0.../s1. The Bertz CT molecular complexity index is 879. The maximum absolute atomic E-state index is 12.2. The summed E-state index contributed by atoms with van der Waals surface area (Å²) >= 11 is 0. The summed E-state index contributed by atoms with van der Waals surface area (Å²) in [7, 11) is 0. The molecule has 1 heterocycles. The number of amides is 1. The summed E-state index contributed by atoms with van der Waals surface area (Å²) in [6, 6.07) is 6.39. The topological polar surface area (TPSA) is 145 Å². The van der Waals surface area contributed by atoms with Gasteiger partial charge in [0.15, 0.2) is 0 Å². The zero-order chi connectivity index (χ0) is 17.3. The van der Waals surface area contributed by atoms with Gasteiger partial charge < -0.3 is 39.9 Å². The van der Waals surface area contributed by atoms with E-state index in [0.29, 0.717) is 5.69 Å². The minimum absolute atomic E-state index is 0. The Morgan fingerprint density at radius 1 is 1.26 bits per heavy atom. The molecular formula is C19H22N2O5Sc-2. The number of rotatable bonds is 4. The first-order valence-electron chi connectivity index (χ1n) is 7.77. The number of pyridine rings is 1. The molecule has 1 amide bonds. The Hall–Kier alpha value is -2.03. The van der Waals surface area contributed by atoms with E-state index in [2.05, 4.69) is 17.2 Å². The Morgan fingerprint density at radius 3 is 2.59 bits per heavy atom. The van der Waals surface area contributed by atoms with Crippen molar-refractivity contribution in [2.24, 2.45) is 0 Å². The molecule has 0 unspecified atom stereocenters. The molecule has 143 valence electrons. The van der Waals surface area contributed by atoms with Gasteiger partial charge in [0.25, 0.3) is 11.5 Å². The third-order valence-electron chi connectivity index (χ3n) is 4.20. The summed E-state index contributed by atoms with van der Waals surface area (Å²) in [5.41, 5.74) is 2.80. The van der Waals surface area contributed by atoms with Gasteiger partial charge in [0.1, 0.15) is 11.3 Å². The summed E-state index contributed by atoms with van der Waals surface area (Å²) in [6.45, 7) is 8.86. The number of hydrogen-bond acceptors (Lipinski definition) is 3. The third-order valence-corrected chi connectivity index (χ3v) is 4.20. The molecule has 27 heavy (non-hydrogen) atoms. The van der Waals surface area contributed by atoms with Crippen molar-refractivity contribution in [2.45, 2.75) is 25.3 Å². The number of carbonyl (C=O) groups excluding carboxylic acids is 1. The van der Waals surface area contributed by atoms with E-state index in [4.69, 9.17) is 6.58 Å². The SMILES string of the molecule is O.O.[CH-]=C[C@H]([CH2-])NC(=O)c1cc(O)c(-c2ccc3c(c2)CCC3)[nH]c1=O.[Sc]. The van der Waals surface area contributed by atoms with Gasteiger partial charge in [-0.3, -0.25) is 15.7 Å². The fourth-order valence-corrected chi connectivity index (χ4v) is 2.93. The quantitative estimate of drug-likeness (QED) is 0.639. The number of nitrogens with one attached hydrogen (secondary N) is 2. The molecule has 1 aliphatic rings. The third kappa shape index (κ3) is 5.24. The van der Waals surface area contributed by atoms with Gasteiger partial charge in [0.05, 0.1) is 5.69 Å². The molecule has 0 aliphatic heterocycles. The second-order valence-corrected chi connectivity index (χ2v) is 5.88. The fraction of sp³-hybridized carbons (Fsp3) is 0.211. The van der Waals surface area contributed by atoms with E-state index in [1.165, 1.54) is 23.3 Å². The van der Waals surface area contributed by atoms with Crippen molar-refractivity contribution in [3.8, 4) is 17.0 Å². The van der Waals surface area contributed by atoms with Crippen molar-refractivity contribution in [1.82, 2.24) is 10.3 Å². The molecule has 2 aromatic rings. The number of aryl methyl sites for hydroxylation is 2. The van der Waals surface area contributed by atoms with Crippen molar-refractivity contribution in [3.63, 3.8) is 0 Å². The van der Waals surface area contributed by atoms with Crippen LogP contribution in [0, 0.1) is 13.5 Å². The molecule has 7 nitrogen and oxygen atoms in total. The van der Waals surface area contributed by atoms with Crippen LogP contribution in [-0.2, 0) is 38.7 Å². The Labute approximate surface area is 175 Å². The van der Waals surface area contributed by atoms with Crippen LogP contribution in [-0.4, -0.2) is 33.0 Å². The summed E-state index contributed by atoms with van der Waals surface area (Å²) in [5, 5.41) is 12.7. The average Bonchev–Trinajstić information content (AvgIpc) is 3.03. The Kier molecular flexibility index (Phi) is 9.56. The van der Waals surface area contributed by atoms with Gasteiger partial charge in [-0.2, -0.15) is 0 Å². The average molecular weight is 403 g/mol. The van der Waals surface area contributed by atoms with Crippen LogP contribution in [0.5, 0.6) is 5.75 Å². The van der Waals surface area contributed by atoms with E-state index < -0.39 is 17.5 Å². The van der Waals surface area contributed by atoms with Crippen molar-refractivity contribution in [2.75, 3.05) is 0 Å². The first-order chi connectivity index (χ1) is 11.5. The molecule has 1 atom stereocenters. The van der Waals surface area contributed by atoms with Crippen LogP contribution in [0.1, 0.15) is 27.9 Å². The molecule has 3 rings (SSSR count). The van der Waals surface area contributed by atoms with Crippen molar-refractivity contribution >= 4 is 5.91 Å². The Morgan fingerprint density at radius 2 is 1.93 bits per heavy atom. The van der Waals surface area contributed by atoms with Crippen molar-refractivity contribution in [1.29, 1.82) is 0 Å². The molecule has 1 aromatic heterocycles. The van der Waals surface area contributed by atoms with Gasteiger partial charge >= 0.3 is 0 Å². The summed E-state index contributed by atoms with van der Waals surface area (Å²) in [4.78, 5) is 26.8. The number of aromatic amines is 1. The molecule has 0 saturated carbocycles. The molecule has 0 fully saturated rings. The molecule has 7 N–H and O–H groups in total. The molecule has 1 aromatic carbocycles. The van der Waals surface area contributed by atoms with E-state index in [1.54, 1.807) is 0 Å². The zero-order valence-electron chi connectivity index (χ0n) is 14.7. The second kappa shape index (κ2) is 10.3. The van der Waals surface area contributed by atoms with Crippen LogP contribution >= 0.6 is 0 Å². The molecule has 0 bridgehead atoms. The first kappa shape index (κ1) is 25.0. The largest absolute Gasteiger partial charge is 0.519 e. The molecule has 1 aliphatic carbocycles. The molecule has 1 radical (unpaired) electrons.